The zero-order chi connectivity index (χ0) is 22.8. The number of urea groups is 1. The lowest BCUT2D eigenvalue weighted by Crippen LogP contribution is -2.46. The van der Waals surface area contributed by atoms with Gasteiger partial charge in [0, 0.05) is 32.9 Å². The lowest BCUT2D eigenvalue weighted by atomic mass is 10.2. The predicted octanol–water partition coefficient (Wildman–Crippen LogP) is 0.191. The number of benzene rings is 1. The van der Waals surface area contributed by atoms with Gasteiger partial charge in [-0.2, -0.15) is 5.10 Å². The van der Waals surface area contributed by atoms with Gasteiger partial charge in [-0.15, -0.1) is 5.59 Å². The summed E-state index contributed by atoms with van der Waals surface area (Å²) in [4.78, 5) is 54.3. The number of anilines is 1. The van der Waals surface area contributed by atoms with Crippen molar-refractivity contribution in [3.05, 3.63) is 29.8 Å². The summed E-state index contributed by atoms with van der Waals surface area (Å²) in [6.45, 7) is 0.580. The summed E-state index contributed by atoms with van der Waals surface area (Å²) < 4.78 is 4.49. The van der Waals surface area contributed by atoms with E-state index in [0.717, 1.165) is 5.56 Å². The van der Waals surface area contributed by atoms with Crippen LogP contribution in [0, 0.1) is 0 Å². The first-order valence-electron chi connectivity index (χ1n) is 9.50. The van der Waals surface area contributed by atoms with E-state index in [1.165, 1.54) is 18.2 Å². The Kier molecular flexibility index (Phi) is 8.61. The van der Waals surface area contributed by atoms with E-state index in [2.05, 4.69) is 30.9 Å². The summed E-state index contributed by atoms with van der Waals surface area (Å²) in [5, 5.41) is 8.92. The van der Waals surface area contributed by atoms with Gasteiger partial charge in [0.25, 0.3) is 0 Å². The molecule has 1 fully saturated rings. The van der Waals surface area contributed by atoms with Crippen molar-refractivity contribution in [1.29, 1.82) is 0 Å². The number of carbonyl (C=O) groups is 4. The largest absolute Gasteiger partial charge is 0.469 e. The van der Waals surface area contributed by atoms with Gasteiger partial charge in [-0.25, -0.2) is 9.59 Å². The number of nitrogens with zero attached hydrogens (tertiary/aromatic N) is 3. The standard InChI is InChI=1S/C19H26N6O6/c1-24(2)19(29)31-23-21-12-13-4-6-14(7-5-13)25-11-9-15(17(25)27)22-18(28)20-10-8-16(26)30-3/h4-7,12,15,23H,8-11H2,1-3H3,(H2,20,22,28)/t15-/m0/s1. The number of methoxy groups -OCH3 is 1. The van der Waals surface area contributed by atoms with Gasteiger partial charge in [0.05, 0.1) is 19.7 Å². The molecule has 0 bridgehead atoms. The van der Waals surface area contributed by atoms with Crippen LogP contribution in [0.3, 0.4) is 0 Å². The number of ether oxygens (including phenoxy) is 1. The summed E-state index contributed by atoms with van der Waals surface area (Å²) in [6, 6.07) is 5.85. The van der Waals surface area contributed by atoms with Gasteiger partial charge in [-0.05, 0) is 24.1 Å². The highest BCUT2D eigenvalue weighted by Crippen LogP contribution is 2.21. The molecule has 12 heteroatoms. The first-order valence-corrected chi connectivity index (χ1v) is 9.50. The van der Waals surface area contributed by atoms with Gasteiger partial charge >= 0.3 is 18.1 Å². The summed E-state index contributed by atoms with van der Waals surface area (Å²) in [5.74, 6) is -0.649. The van der Waals surface area contributed by atoms with Crippen LogP contribution in [-0.2, 0) is 19.2 Å². The number of hydrazone groups is 1. The Bertz CT molecular complexity index is 826. The van der Waals surface area contributed by atoms with E-state index in [1.807, 2.05) is 0 Å². The van der Waals surface area contributed by atoms with Crippen molar-refractivity contribution in [3.63, 3.8) is 0 Å². The van der Waals surface area contributed by atoms with Crippen molar-refractivity contribution in [2.24, 2.45) is 5.10 Å². The van der Waals surface area contributed by atoms with Crippen molar-refractivity contribution in [2.45, 2.75) is 18.9 Å². The Morgan fingerprint density at radius 3 is 2.61 bits per heavy atom. The molecule has 1 aromatic rings. The van der Waals surface area contributed by atoms with Crippen LogP contribution in [0.5, 0.6) is 0 Å². The molecule has 0 spiro atoms. The molecule has 0 radical (unpaired) electrons. The van der Waals surface area contributed by atoms with E-state index < -0.39 is 24.1 Å². The van der Waals surface area contributed by atoms with Gasteiger partial charge in [-0.3, -0.25) is 9.59 Å². The van der Waals surface area contributed by atoms with Gasteiger partial charge in [0.15, 0.2) is 0 Å². The number of nitrogens with one attached hydrogen (secondary N) is 3. The lowest BCUT2D eigenvalue weighted by molar-refractivity contribution is -0.140. The summed E-state index contributed by atoms with van der Waals surface area (Å²) in [7, 11) is 4.36. The minimum absolute atomic E-state index is 0.0535. The van der Waals surface area contributed by atoms with Crippen LogP contribution >= 0.6 is 0 Å². The van der Waals surface area contributed by atoms with Gasteiger partial charge in [0.1, 0.15) is 6.04 Å². The Hall–Kier alpha value is -3.83. The van der Waals surface area contributed by atoms with Crippen molar-refractivity contribution in [3.8, 4) is 0 Å². The average molecular weight is 434 g/mol. The van der Waals surface area contributed by atoms with Crippen LogP contribution in [0.15, 0.2) is 29.4 Å². The molecule has 0 saturated carbocycles. The highest BCUT2D eigenvalue weighted by molar-refractivity contribution is 6.01. The molecule has 31 heavy (non-hydrogen) atoms. The lowest BCUT2D eigenvalue weighted by Gasteiger charge is -2.17. The van der Waals surface area contributed by atoms with E-state index in [0.29, 0.717) is 18.7 Å². The average Bonchev–Trinajstić information content (AvgIpc) is 3.11. The van der Waals surface area contributed by atoms with Crippen LogP contribution in [0.1, 0.15) is 18.4 Å². The Morgan fingerprint density at radius 1 is 1.26 bits per heavy atom. The summed E-state index contributed by atoms with van der Waals surface area (Å²) in [6.07, 6.45) is 1.40. The minimum atomic E-state index is -0.644. The van der Waals surface area contributed by atoms with E-state index in [9.17, 15) is 19.2 Å². The third-order valence-corrected chi connectivity index (χ3v) is 4.32. The molecule has 1 aliphatic rings. The van der Waals surface area contributed by atoms with Gasteiger partial charge in [-0.1, -0.05) is 12.1 Å². The van der Waals surface area contributed by atoms with Crippen molar-refractivity contribution < 1.29 is 28.8 Å². The van der Waals surface area contributed by atoms with Crippen LogP contribution in [0.25, 0.3) is 0 Å². The second kappa shape index (κ2) is 11.4. The van der Waals surface area contributed by atoms with E-state index in [4.69, 9.17) is 0 Å². The Balaban J connectivity index is 1.82. The highest BCUT2D eigenvalue weighted by atomic mass is 16.7. The molecule has 1 aliphatic heterocycles. The molecule has 12 nitrogen and oxygen atoms in total. The smallest absolute Gasteiger partial charge is 0.434 e. The van der Waals surface area contributed by atoms with Crippen LogP contribution in [0.2, 0.25) is 0 Å². The molecule has 3 N–H and O–H groups in total. The third kappa shape index (κ3) is 7.17. The normalized spacial score (nSPS) is 15.5. The van der Waals surface area contributed by atoms with Crippen LogP contribution in [-0.4, -0.2) is 75.5 Å². The van der Waals surface area contributed by atoms with Crippen LogP contribution in [0.4, 0.5) is 15.3 Å². The minimum Gasteiger partial charge on any atom is -0.469 e. The molecular weight excluding hydrogens is 408 g/mol. The first-order chi connectivity index (χ1) is 14.8. The molecule has 0 unspecified atom stereocenters. The number of rotatable bonds is 8. The second-order valence-electron chi connectivity index (χ2n) is 6.76. The second-order valence-corrected chi connectivity index (χ2v) is 6.76. The number of esters is 1. The topological polar surface area (TPSA) is 142 Å². The predicted molar refractivity (Wildman–Crippen MR) is 111 cm³/mol. The fraction of sp³-hybridized carbons (Fsp3) is 0.421. The van der Waals surface area contributed by atoms with Crippen molar-refractivity contribution in [1.82, 2.24) is 21.1 Å². The molecule has 168 valence electrons. The number of carbonyl (C=O) groups excluding carboxylic acids is 4. The molecule has 1 atom stereocenters. The molecule has 1 heterocycles. The monoisotopic (exact) mass is 434 g/mol. The van der Waals surface area contributed by atoms with Gasteiger partial charge < -0.3 is 30.0 Å². The maximum Gasteiger partial charge on any atom is 0.434 e. The maximum absolute atomic E-state index is 12.6. The Labute approximate surface area is 179 Å². The number of hydrogen-bond acceptors (Lipinski definition) is 8. The SMILES string of the molecule is COC(=O)CCNC(=O)N[C@H]1CCN(c2ccc(C=NNOC(=O)N(C)C)cc2)C1=O. The van der Waals surface area contributed by atoms with E-state index >= 15 is 0 Å². The molecule has 1 aromatic carbocycles. The quantitative estimate of drug-likeness (QED) is 0.301. The van der Waals surface area contributed by atoms with E-state index in [-0.39, 0.29) is 18.9 Å². The molecule has 4 amide bonds. The zero-order valence-corrected chi connectivity index (χ0v) is 17.6. The summed E-state index contributed by atoms with van der Waals surface area (Å²) in [5.41, 5.74) is 3.59. The molecule has 0 aliphatic carbocycles. The number of amides is 4. The summed E-state index contributed by atoms with van der Waals surface area (Å²) >= 11 is 0. The molecule has 2 rings (SSSR count). The zero-order valence-electron chi connectivity index (χ0n) is 17.6. The first kappa shape index (κ1) is 23.4. The van der Waals surface area contributed by atoms with Crippen LogP contribution < -0.4 is 21.1 Å². The Morgan fingerprint density at radius 2 is 1.97 bits per heavy atom. The van der Waals surface area contributed by atoms with Gasteiger partial charge in [0.2, 0.25) is 5.91 Å². The fourth-order valence-corrected chi connectivity index (χ4v) is 2.66. The molecule has 0 aromatic heterocycles. The molecular formula is C19H26N6O6. The third-order valence-electron chi connectivity index (χ3n) is 4.32. The fourth-order valence-electron chi connectivity index (χ4n) is 2.66. The maximum atomic E-state index is 12.6. The number of hydrogen-bond donors (Lipinski definition) is 3. The van der Waals surface area contributed by atoms with E-state index in [1.54, 1.807) is 43.3 Å². The van der Waals surface area contributed by atoms with Crippen molar-refractivity contribution in [2.75, 3.05) is 39.2 Å². The highest BCUT2D eigenvalue weighted by Gasteiger charge is 2.33. The van der Waals surface area contributed by atoms with Crippen molar-refractivity contribution >= 4 is 35.9 Å². The molecule has 1 saturated heterocycles.